The van der Waals surface area contributed by atoms with E-state index in [9.17, 15) is 4.79 Å². The molecule has 5 rings (SSSR count). The molecule has 2 aromatic heterocycles. The molecule has 0 aliphatic heterocycles. The number of benzene rings is 3. The molecule has 0 aliphatic rings. The number of pyridine rings is 1. The van der Waals surface area contributed by atoms with E-state index in [2.05, 4.69) is 34.9 Å². The Morgan fingerprint density at radius 3 is 2.37 bits per heavy atom. The molecular weight excluding hydrogens is 374 g/mol. The van der Waals surface area contributed by atoms with Crippen molar-refractivity contribution in [3.8, 4) is 16.9 Å². The number of aromatic nitrogens is 1. The average Bonchev–Trinajstić information content (AvgIpc) is 3.13. The summed E-state index contributed by atoms with van der Waals surface area (Å²) in [5, 5.41) is 2.93. The van der Waals surface area contributed by atoms with Gasteiger partial charge in [0.05, 0.1) is 30.3 Å². The van der Waals surface area contributed by atoms with Gasteiger partial charge in [0.2, 0.25) is 0 Å². The predicted molar refractivity (Wildman–Crippen MR) is 120 cm³/mol. The van der Waals surface area contributed by atoms with Crippen molar-refractivity contribution < 1.29 is 14.3 Å². The van der Waals surface area contributed by atoms with E-state index in [1.54, 1.807) is 7.11 Å². The highest BCUT2D eigenvalue weighted by molar-refractivity contribution is 6.19. The van der Waals surface area contributed by atoms with Crippen molar-refractivity contribution in [2.75, 3.05) is 13.7 Å². The number of hydrogen-bond donors (Lipinski definition) is 0. The van der Waals surface area contributed by atoms with Crippen molar-refractivity contribution in [3.63, 3.8) is 0 Å². The smallest absolute Gasteiger partial charge is 0.340 e. The van der Waals surface area contributed by atoms with E-state index in [4.69, 9.17) is 9.47 Å². The van der Waals surface area contributed by atoms with E-state index in [1.165, 1.54) is 0 Å². The number of carbonyl (C=O) groups excluding carboxylic acids is 1. The van der Waals surface area contributed by atoms with E-state index < -0.39 is 0 Å². The van der Waals surface area contributed by atoms with Crippen LogP contribution in [0.5, 0.6) is 5.75 Å². The quantitative estimate of drug-likeness (QED) is 0.345. The molecule has 0 aliphatic carbocycles. The molecule has 2 heterocycles. The van der Waals surface area contributed by atoms with E-state index >= 15 is 0 Å². The summed E-state index contributed by atoms with van der Waals surface area (Å²) in [6.07, 6.45) is 2.12. The maximum Gasteiger partial charge on any atom is 0.340 e. The Bertz CT molecular complexity index is 1400. The van der Waals surface area contributed by atoms with Crippen molar-refractivity contribution in [2.45, 2.75) is 6.92 Å². The van der Waals surface area contributed by atoms with Gasteiger partial charge in [0, 0.05) is 22.5 Å². The normalized spacial score (nSPS) is 11.3. The van der Waals surface area contributed by atoms with Gasteiger partial charge in [-0.15, -0.1) is 0 Å². The first kappa shape index (κ1) is 18.3. The molecule has 0 saturated carbocycles. The average molecular weight is 395 g/mol. The van der Waals surface area contributed by atoms with Gasteiger partial charge in [0.25, 0.3) is 0 Å². The highest BCUT2D eigenvalue weighted by Gasteiger charge is 2.23. The topological polar surface area (TPSA) is 39.9 Å². The third kappa shape index (κ3) is 2.72. The third-order valence-corrected chi connectivity index (χ3v) is 5.51. The molecule has 4 heteroatoms. The zero-order valence-electron chi connectivity index (χ0n) is 16.9. The molecule has 3 aromatic carbocycles. The standard InChI is InChI=1S/C26H21NO3/c1-3-30-26(28)24-21-15-18(29-2)13-14-23(21)27-16-22(17-9-5-4-6-10-17)19-11-7-8-12-20(19)25(24)27/h4-16H,3H2,1-2H3. The van der Waals surface area contributed by atoms with Gasteiger partial charge in [-0.05, 0) is 36.1 Å². The Balaban J connectivity index is 1.99. The van der Waals surface area contributed by atoms with E-state index in [0.717, 1.165) is 38.3 Å². The Kier molecular flexibility index (Phi) is 4.40. The van der Waals surface area contributed by atoms with Crippen molar-refractivity contribution in [1.29, 1.82) is 0 Å². The first-order valence-corrected chi connectivity index (χ1v) is 9.99. The summed E-state index contributed by atoms with van der Waals surface area (Å²) in [6, 6.07) is 24.3. The lowest BCUT2D eigenvalue weighted by Crippen LogP contribution is -2.05. The molecule has 4 nitrogen and oxygen atoms in total. The first-order chi connectivity index (χ1) is 14.7. The molecule has 0 N–H and O–H groups in total. The van der Waals surface area contributed by atoms with Crippen LogP contribution in [0.3, 0.4) is 0 Å². The van der Waals surface area contributed by atoms with Gasteiger partial charge >= 0.3 is 5.97 Å². The van der Waals surface area contributed by atoms with Gasteiger partial charge < -0.3 is 13.9 Å². The molecule has 0 saturated heterocycles. The monoisotopic (exact) mass is 395 g/mol. The molecule has 0 amide bonds. The zero-order chi connectivity index (χ0) is 20.7. The first-order valence-electron chi connectivity index (χ1n) is 9.99. The van der Waals surface area contributed by atoms with Gasteiger partial charge in [-0.3, -0.25) is 0 Å². The van der Waals surface area contributed by atoms with E-state index in [0.29, 0.717) is 17.9 Å². The van der Waals surface area contributed by atoms with Crippen molar-refractivity contribution in [3.05, 3.63) is 84.6 Å². The lowest BCUT2D eigenvalue weighted by atomic mass is 9.99. The highest BCUT2D eigenvalue weighted by atomic mass is 16.5. The summed E-state index contributed by atoms with van der Waals surface area (Å²) in [4.78, 5) is 13.1. The number of nitrogens with zero attached hydrogens (tertiary/aromatic N) is 1. The van der Waals surface area contributed by atoms with Crippen molar-refractivity contribution in [2.24, 2.45) is 0 Å². The molecule has 0 radical (unpaired) electrons. The van der Waals surface area contributed by atoms with Gasteiger partial charge in [-0.2, -0.15) is 0 Å². The van der Waals surface area contributed by atoms with Gasteiger partial charge in [-0.25, -0.2) is 4.79 Å². The van der Waals surface area contributed by atoms with Gasteiger partial charge in [0.1, 0.15) is 5.75 Å². The predicted octanol–water partition coefficient (Wildman–Crippen LogP) is 6.10. The second-order valence-electron chi connectivity index (χ2n) is 7.15. The zero-order valence-corrected chi connectivity index (χ0v) is 16.9. The van der Waals surface area contributed by atoms with Crippen LogP contribution >= 0.6 is 0 Å². The minimum absolute atomic E-state index is 0.321. The second-order valence-corrected chi connectivity index (χ2v) is 7.15. The number of carbonyl (C=O) groups is 1. The fourth-order valence-electron chi connectivity index (χ4n) is 4.20. The van der Waals surface area contributed by atoms with Crippen LogP contribution in [0.2, 0.25) is 0 Å². The molecule has 148 valence electrons. The summed E-state index contributed by atoms with van der Waals surface area (Å²) in [7, 11) is 1.63. The van der Waals surface area contributed by atoms with E-state index in [1.807, 2.05) is 55.5 Å². The summed E-state index contributed by atoms with van der Waals surface area (Å²) < 4.78 is 13.0. The molecule has 0 spiro atoms. The minimum Gasteiger partial charge on any atom is -0.497 e. The summed E-state index contributed by atoms with van der Waals surface area (Å²) >= 11 is 0. The summed E-state index contributed by atoms with van der Waals surface area (Å²) in [5.41, 5.74) is 4.61. The summed E-state index contributed by atoms with van der Waals surface area (Å²) in [6.45, 7) is 2.15. The maximum absolute atomic E-state index is 13.1. The second kappa shape index (κ2) is 7.23. The van der Waals surface area contributed by atoms with Crippen molar-refractivity contribution >= 4 is 33.2 Å². The van der Waals surface area contributed by atoms with E-state index in [-0.39, 0.29) is 5.97 Å². The van der Waals surface area contributed by atoms with Crippen LogP contribution in [0.4, 0.5) is 0 Å². The van der Waals surface area contributed by atoms with Crippen LogP contribution in [-0.4, -0.2) is 24.1 Å². The van der Waals surface area contributed by atoms with Crippen molar-refractivity contribution in [1.82, 2.24) is 4.40 Å². The Morgan fingerprint density at radius 2 is 1.63 bits per heavy atom. The van der Waals surface area contributed by atoms with Crippen LogP contribution < -0.4 is 4.74 Å². The molecular formula is C26H21NO3. The molecule has 0 bridgehead atoms. The maximum atomic E-state index is 13.1. The van der Waals surface area contributed by atoms with Crippen LogP contribution in [0.25, 0.3) is 38.3 Å². The molecule has 30 heavy (non-hydrogen) atoms. The molecule has 0 fully saturated rings. The Labute approximate surface area is 174 Å². The fourth-order valence-corrected chi connectivity index (χ4v) is 4.20. The minimum atomic E-state index is -0.323. The van der Waals surface area contributed by atoms with Crippen LogP contribution in [-0.2, 0) is 4.74 Å². The molecule has 0 unspecified atom stereocenters. The number of rotatable bonds is 4. The number of methoxy groups -OCH3 is 1. The summed E-state index contributed by atoms with van der Waals surface area (Å²) in [5.74, 6) is 0.382. The number of hydrogen-bond acceptors (Lipinski definition) is 3. The van der Waals surface area contributed by atoms with Gasteiger partial charge in [-0.1, -0.05) is 54.6 Å². The highest BCUT2D eigenvalue weighted by Crippen LogP contribution is 2.38. The lowest BCUT2D eigenvalue weighted by molar-refractivity contribution is 0.0531. The van der Waals surface area contributed by atoms with Crippen LogP contribution in [0, 0.1) is 0 Å². The third-order valence-electron chi connectivity index (χ3n) is 5.51. The Morgan fingerprint density at radius 1 is 0.900 bits per heavy atom. The lowest BCUT2D eigenvalue weighted by Gasteiger charge is -2.11. The fraction of sp³-hybridized carbons (Fsp3) is 0.115. The largest absolute Gasteiger partial charge is 0.497 e. The molecule has 5 aromatic rings. The number of ether oxygens (including phenoxy) is 2. The molecule has 0 atom stereocenters. The number of esters is 1. The van der Waals surface area contributed by atoms with Crippen LogP contribution in [0.1, 0.15) is 17.3 Å². The SMILES string of the molecule is CCOC(=O)c1c2cc(OC)ccc2n2cc(-c3ccccc3)c3ccccc3c12. The number of fused-ring (bicyclic) bond motifs is 5. The van der Waals surface area contributed by atoms with Crippen LogP contribution in [0.15, 0.2) is 79.0 Å². The van der Waals surface area contributed by atoms with Gasteiger partial charge in [0.15, 0.2) is 0 Å². The Hall–Kier alpha value is -3.79.